The zero-order chi connectivity index (χ0) is 20.9. The van der Waals surface area contributed by atoms with Crippen LogP contribution in [0.3, 0.4) is 0 Å². The van der Waals surface area contributed by atoms with E-state index in [0.717, 1.165) is 50.4 Å². The first-order valence-corrected chi connectivity index (χ1v) is 10.7. The summed E-state index contributed by atoms with van der Waals surface area (Å²) in [4.78, 5) is 27.2. The van der Waals surface area contributed by atoms with Crippen molar-refractivity contribution in [2.24, 2.45) is 5.92 Å². The molecule has 4 rings (SSSR count). The minimum atomic E-state index is -0.435. The number of rotatable bonds is 7. The van der Waals surface area contributed by atoms with E-state index in [2.05, 4.69) is 20.6 Å². The highest BCUT2D eigenvalue weighted by Gasteiger charge is 2.30. The Balaban J connectivity index is 1.28. The van der Waals surface area contributed by atoms with E-state index in [1.165, 1.54) is 0 Å². The average Bonchev–Trinajstić information content (AvgIpc) is 3.15. The van der Waals surface area contributed by atoms with Crippen molar-refractivity contribution in [3.05, 3.63) is 35.5 Å². The molecule has 1 saturated heterocycles. The van der Waals surface area contributed by atoms with Gasteiger partial charge in [0.1, 0.15) is 5.82 Å². The van der Waals surface area contributed by atoms with Crippen LogP contribution in [-0.4, -0.2) is 65.9 Å². The summed E-state index contributed by atoms with van der Waals surface area (Å²) in [6, 6.07) is 7.39. The maximum Gasteiger partial charge on any atom is 0.231 e. The van der Waals surface area contributed by atoms with Crippen LogP contribution in [0.1, 0.15) is 12.8 Å². The van der Waals surface area contributed by atoms with Crippen molar-refractivity contribution in [1.29, 1.82) is 0 Å². The number of nitrogens with one attached hydrogen (secondary N) is 2. The Morgan fingerprint density at radius 3 is 2.80 bits per heavy atom. The fourth-order valence-corrected chi connectivity index (χ4v) is 3.94. The Hall–Kier alpha value is -2.42. The number of nitrogens with zero attached hydrogens (tertiary/aromatic N) is 3. The highest BCUT2D eigenvalue weighted by Crippen LogP contribution is 2.32. The van der Waals surface area contributed by atoms with Crippen molar-refractivity contribution < 1.29 is 14.3 Å². The first-order chi connectivity index (χ1) is 14.6. The zero-order valence-electron chi connectivity index (χ0n) is 16.8. The molecule has 0 unspecified atom stereocenters. The topological polar surface area (TPSA) is 88.5 Å². The summed E-state index contributed by atoms with van der Waals surface area (Å²) in [5, 5.41) is 10.9. The molecular formula is C21H26ClN5O3. The molecule has 3 heterocycles. The second-order valence-electron chi connectivity index (χ2n) is 7.64. The summed E-state index contributed by atoms with van der Waals surface area (Å²) in [5.74, 6) is -0.0356. The van der Waals surface area contributed by atoms with Crippen LogP contribution in [0.2, 0.25) is 5.02 Å². The van der Waals surface area contributed by atoms with Crippen molar-refractivity contribution in [3.8, 4) is 11.1 Å². The van der Waals surface area contributed by atoms with E-state index in [4.69, 9.17) is 16.3 Å². The third-order valence-electron chi connectivity index (χ3n) is 5.51. The van der Waals surface area contributed by atoms with Crippen molar-refractivity contribution in [2.75, 3.05) is 44.7 Å². The molecule has 2 N–H and O–H groups in total. The van der Waals surface area contributed by atoms with Gasteiger partial charge in [-0.1, -0.05) is 23.7 Å². The number of amides is 2. The van der Waals surface area contributed by atoms with Crippen LogP contribution in [0, 0.1) is 5.92 Å². The predicted molar refractivity (Wildman–Crippen MR) is 114 cm³/mol. The number of aromatic nitrogens is 2. The Labute approximate surface area is 180 Å². The molecule has 1 aromatic carbocycles. The Morgan fingerprint density at radius 1 is 1.27 bits per heavy atom. The summed E-state index contributed by atoms with van der Waals surface area (Å²) < 4.78 is 7.09. The quantitative estimate of drug-likeness (QED) is 0.654. The van der Waals surface area contributed by atoms with Gasteiger partial charge in [-0.25, -0.2) is 4.68 Å². The lowest BCUT2D eigenvalue weighted by Crippen LogP contribution is -2.39. The van der Waals surface area contributed by atoms with Crippen LogP contribution in [-0.2, 0) is 20.9 Å². The van der Waals surface area contributed by atoms with Gasteiger partial charge in [0.15, 0.2) is 0 Å². The van der Waals surface area contributed by atoms with E-state index in [0.29, 0.717) is 23.9 Å². The smallest absolute Gasteiger partial charge is 0.231 e. The van der Waals surface area contributed by atoms with E-state index in [1.54, 1.807) is 23.0 Å². The molecule has 0 aliphatic carbocycles. The first kappa shape index (κ1) is 20.8. The van der Waals surface area contributed by atoms with E-state index < -0.39 is 5.92 Å². The van der Waals surface area contributed by atoms with Gasteiger partial charge in [-0.05, 0) is 30.7 Å². The summed E-state index contributed by atoms with van der Waals surface area (Å²) >= 11 is 5.96. The standard InChI is InChI=1S/C21H26ClN5O3/c22-17-4-2-15(3-5-17)18-13-24-27-14-16(21(29)25-20(18)27)12-19(28)23-6-1-7-26-8-10-30-11-9-26/h2-5,13,16H,1,6-12,14H2,(H,23,28)(H,25,29)/t16-/m0/s1. The third kappa shape index (κ3) is 5.00. The Morgan fingerprint density at radius 2 is 2.03 bits per heavy atom. The van der Waals surface area contributed by atoms with Crippen LogP contribution >= 0.6 is 11.6 Å². The van der Waals surface area contributed by atoms with Gasteiger partial charge in [0.2, 0.25) is 11.8 Å². The van der Waals surface area contributed by atoms with E-state index >= 15 is 0 Å². The van der Waals surface area contributed by atoms with E-state index in [-0.39, 0.29) is 18.2 Å². The molecule has 160 valence electrons. The third-order valence-corrected chi connectivity index (χ3v) is 5.76. The molecule has 0 bridgehead atoms. The van der Waals surface area contributed by atoms with Crippen LogP contribution in [0.5, 0.6) is 0 Å². The zero-order valence-corrected chi connectivity index (χ0v) is 17.5. The lowest BCUT2D eigenvalue weighted by atomic mass is 10.0. The molecule has 30 heavy (non-hydrogen) atoms. The largest absolute Gasteiger partial charge is 0.379 e. The molecule has 2 aliphatic rings. The molecule has 2 aliphatic heterocycles. The predicted octanol–water partition coefficient (Wildman–Crippen LogP) is 2.00. The highest BCUT2D eigenvalue weighted by molar-refractivity contribution is 6.30. The monoisotopic (exact) mass is 431 g/mol. The number of benzene rings is 1. The van der Waals surface area contributed by atoms with Gasteiger partial charge >= 0.3 is 0 Å². The number of carbonyl (C=O) groups is 2. The van der Waals surface area contributed by atoms with Crippen LogP contribution in [0.25, 0.3) is 11.1 Å². The molecule has 0 saturated carbocycles. The van der Waals surface area contributed by atoms with Crippen LogP contribution < -0.4 is 10.6 Å². The van der Waals surface area contributed by atoms with Crippen molar-refractivity contribution >= 4 is 29.2 Å². The summed E-state index contributed by atoms with van der Waals surface area (Å²) in [7, 11) is 0. The number of morpholine rings is 1. The normalized spacial score (nSPS) is 19.2. The number of carbonyl (C=O) groups excluding carboxylic acids is 2. The van der Waals surface area contributed by atoms with Crippen LogP contribution in [0.4, 0.5) is 5.82 Å². The number of hydrogen-bond acceptors (Lipinski definition) is 5. The number of halogens is 1. The maximum absolute atomic E-state index is 12.6. The Kier molecular flexibility index (Phi) is 6.66. The highest BCUT2D eigenvalue weighted by atomic mass is 35.5. The molecule has 8 nitrogen and oxygen atoms in total. The molecule has 1 aromatic heterocycles. The van der Waals surface area contributed by atoms with Crippen molar-refractivity contribution in [2.45, 2.75) is 19.4 Å². The second kappa shape index (κ2) is 9.59. The molecule has 1 atom stereocenters. The van der Waals surface area contributed by atoms with E-state index in [1.807, 2.05) is 12.1 Å². The fourth-order valence-electron chi connectivity index (χ4n) is 3.82. The Bertz CT molecular complexity index is 893. The minimum absolute atomic E-state index is 0.106. The summed E-state index contributed by atoms with van der Waals surface area (Å²) in [5.41, 5.74) is 1.77. The first-order valence-electron chi connectivity index (χ1n) is 10.3. The fraction of sp³-hybridized carbons (Fsp3) is 0.476. The van der Waals surface area contributed by atoms with E-state index in [9.17, 15) is 9.59 Å². The van der Waals surface area contributed by atoms with Gasteiger partial charge in [-0.15, -0.1) is 0 Å². The van der Waals surface area contributed by atoms with Gasteiger partial charge in [0.05, 0.1) is 31.9 Å². The molecule has 1 fully saturated rings. The molecular weight excluding hydrogens is 406 g/mol. The average molecular weight is 432 g/mol. The number of fused-ring (bicyclic) bond motifs is 1. The minimum Gasteiger partial charge on any atom is -0.379 e. The van der Waals surface area contributed by atoms with Gasteiger partial charge in [0.25, 0.3) is 0 Å². The van der Waals surface area contributed by atoms with Gasteiger partial charge in [-0.3, -0.25) is 14.5 Å². The number of ether oxygens (including phenoxy) is 1. The summed E-state index contributed by atoms with van der Waals surface area (Å²) in [6.45, 7) is 5.38. The molecule has 0 spiro atoms. The SMILES string of the molecule is O=C(C[C@H]1Cn2ncc(-c3ccc(Cl)cc3)c2NC1=O)NCCCN1CCOCC1. The van der Waals surface area contributed by atoms with Crippen molar-refractivity contribution in [1.82, 2.24) is 20.0 Å². The van der Waals surface area contributed by atoms with Crippen molar-refractivity contribution in [3.63, 3.8) is 0 Å². The van der Waals surface area contributed by atoms with Crippen LogP contribution in [0.15, 0.2) is 30.5 Å². The molecule has 0 radical (unpaired) electrons. The second-order valence-corrected chi connectivity index (χ2v) is 8.08. The molecule has 2 aromatic rings. The summed E-state index contributed by atoms with van der Waals surface area (Å²) in [6.07, 6.45) is 2.77. The van der Waals surface area contributed by atoms with Gasteiger partial charge in [-0.2, -0.15) is 5.10 Å². The van der Waals surface area contributed by atoms with Gasteiger partial charge < -0.3 is 15.4 Å². The molecule has 9 heteroatoms. The lowest BCUT2D eigenvalue weighted by Gasteiger charge is -2.26. The number of hydrogen-bond donors (Lipinski definition) is 2. The lowest BCUT2D eigenvalue weighted by molar-refractivity contribution is -0.128. The molecule has 2 amide bonds. The maximum atomic E-state index is 12.6. The van der Waals surface area contributed by atoms with Gasteiger partial charge in [0, 0.05) is 36.6 Å². The number of anilines is 1.